The van der Waals surface area contributed by atoms with Crippen LogP contribution in [0.5, 0.6) is 0 Å². The number of aryl methyl sites for hydroxylation is 4. The van der Waals surface area contributed by atoms with Crippen molar-refractivity contribution >= 4 is 15.7 Å². The fourth-order valence-electron chi connectivity index (χ4n) is 1.96. The van der Waals surface area contributed by atoms with Gasteiger partial charge in [-0.05, 0) is 27.2 Å². The Morgan fingerprint density at radius 3 is 2.60 bits per heavy atom. The van der Waals surface area contributed by atoms with Crippen molar-refractivity contribution in [3.05, 3.63) is 23.4 Å². The lowest BCUT2D eigenvalue weighted by Gasteiger charge is -2.05. The molecular formula is C12H19N5O2S. The van der Waals surface area contributed by atoms with Gasteiger partial charge in [0.1, 0.15) is 5.82 Å². The molecule has 0 aliphatic carbocycles. The average molecular weight is 297 g/mol. The van der Waals surface area contributed by atoms with Crippen molar-refractivity contribution in [2.45, 2.75) is 45.7 Å². The molecule has 8 heteroatoms. The molecule has 0 aliphatic rings. The highest BCUT2D eigenvalue weighted by Crippen LogP contribution is 2.21. The van der Waals surface area contributed by atoms with Crippen LogP contribution in [0.15, 0.2) is 11.2 Å². The monoisotopic (exact) mass is 297 g/mol. The molecule has 0 saturated heterocycles. The van der Waals surface area contributed by atoms with Gasteiger partial charge in [0.2, 0.25) is 0 Å². The first-order valence-electron chi connectivity index (χ1n) is 6.43. The van der Waals surface area contributed by atoms with Crippen LogP contribution in [0.4, 0.5) is 5.69 Å². The summed E-state index contributed by atoms with van der Waals surface area (Å²) in [6.45, 7) is 8.08. The topological polar surface area (TPSA) is 92.7 Å². The second-order valence-corrected chi connectivity index (χ2v) is 6.36. The van der Waals surface area contributed by atoms with E-state index in [1.54, 1.807) is 27.0 Å². The maximum absolute atomic E-state index is 12.3. The van der Waals surface area contributed by atoms with E-state index in [-0.39, 0.29) is 5.03 Å². The number of rotatable bonds is 5. The number of aromatic nitrogens is 4. The molecule has 20 heavy (non-hydrogen) atoms. The Morgan fingerprint density at radius 1 is 1.35 bits per heavy atom. The summed E-state index contributed by atoms with van der Waals surface area (Å²) in [5.41, 5.74) is 1.76. The molecule has 0 atom stereocenters. The number of H-pyrrole nitrogens is 1. The fourth-order valence-corrected chi connectivity index (χ4v) is 3.16. The van der Waals surface area contributed by atoms with Gasteiger partial charge in [-0.25, -0.2) is 4.98 Å². The van der Waals surface area contributed by atoms with Crippen LogP contribution in [0.2, 0.25) is 0 Å². The zero-order valence-electron chi connectivity index (χ0n) is 12.1. The van der Waals surface area contributed by atoms with Crippen molar-refractivity contribution in [3.63, 3.8) is 0 Å². The van der Waals surface area contributed by atoms with Gasteiger partial charge in [-0.2, -0.15) is 13.5 Å². The van der Waals surface area contributed by atoms with Crippen LogP contribution in [0.1, 0.15) is 30.6 Å². The van der Waals surface area contributed by atoms with E-state index in [0.717, 1.165) is 13.0 Å². The van der Waals surface area contributed by atoms with Crippen LogP contribution in [0, 0.1) is 20.8 Å². The minimum Gasteiger partial charge on any atom is -0.334 e. The molecule has 0 bridgehead atoms. The average Bonchev–Trinajstić information content (AvgIpc) is 2.88. The van der Waals surface area contributed by atoms with Crippen molar-refractivity contribution in [2.75, 3.05) is 4.72 Å². The molecule has 110 valence electrons. The summed E-state index contributed by atoms with van der Waals surface area (Å²) >= 11 is 0. The van der Waals surface area contributed by atoms with E-state index in [1.807, 2.05) is 11.5 Å². The van der Waals surface area contributed by atoms with Gasteiger partial charge in [0.05, 0.1) is 17.1 Å². The smallest absolute Gasteiger partial charge is 0.281 e. The highest BCUT2D eigenvalue weighted by atomic mass is 32.2. The molecule has 0 aliphatic heterocycles. The lowest BCUT2D eigenvalue weighted by Crippen LogP contribution is -2.14. The normalized spacial score (nSPS) is 11.8. The number of sulfonamides is 1. The molecule has 2 rings (SSSR count). The van der Waals surface area contributed by atoms with Crippen molar-refractivity contribution in [1.82, 2.24) is 19.7 Å². The van der Waals surface area contributed by atoms with Crippen molar-refractivity contribution < 1.29 is 8.42 Å². The molecule has 0 aromatic carbocycles. The Hall–Kier alpha value is -1.83. The second kappa shape index (κ2) is 5.28. The summed E-state index contributed by atoms with van der Waals surface area (Å²) in [7, 11) is -3.69. The zero-order chi connectivity index (χ0) is 14.9. The number of anilines is 1. The lowest BCUT2D eigenvalue weighted by atomic mass is 10.3. The zero-order valence-corrected chi connectivity index (χ0v) is 12.9. The Bertz CT molecular complexity index is 695. The van der Waals surface area contributed by atoms with Crippen molar-refractivity contribution in [1.29, 1.82) is 0 Å². The number of imidazole rings is 1. The van der Waals surface area contributed by atoms with Gasteiger partial charge in [-0.1, -0.05) is 6.92 Å². The molecule has 0 saturated carbocycles. The molecule has 2 N–H and O–H groups in total. The van der Waals surface area contributed by atoms with E-state index in [1.165, 1.54) is 0 Å². The van der Waals surface area contributed by atoms with E-state index >= 15 is 0 Å². The Morgan fingerprint density at radius 2 is 2.05 bits per heavy atom. The van der Waals surface area contributed by atoms with Crippen molar-refractivity contribution in [3.8, 4) is 0 Å². The highest BCUT2D eigenvalue weighted by Gasteiger charge is 2.21. The maximum Gasteiger partial charge on any atom is 0.281 e. The third-order valence-electron chi connectivity index (χ3n) is 3.06. The van der Waals surface area contributed by atoms with E-state index in [9.17, 15) is 8.42 Å². The molecule has 0 amide bonds. The third kappa shape index (κ3) is 2.69. The van der Waals surface area contributed by atoms with Gasteiger partial charge in [-0.3, -0.25) is 9.82 Å². The molecule has 2 aromatic rings. The van der Waals surface area contributed by atoms with Gasteiger partial charge in [0.15, 0.2) is 5.03 Å². The van der Waals surface area contributed by atoms with Gasteiger partial charge >= 0.3 is 0 Å². The quantitative estimate of drug-likeness (QED) is 0.879. The van der Waals surface area contributed by atoms with E-state index < -0.39 is 10.0 Å². The van der Waals surface area contributed by atoms with Gasteiger partial charge < -0.3 is 4.57 Å². The summed E-state index contributed by atoms with van der Waals surface area (Å²) in [5.74, 6) is 0.688. The molecule has 0 unspecified atom stereocenters. The van der Waals surface area contributed by atoms with Crippen LogP contribution in [0.3, 0.4) is 0 Å². The van der Waals surface area contributed by atoms with Gasteiger partial charge in [-0.15, -0.1) is 0 Å². The van der Waals surface area contributed by atoms with E-state index in [0.29, 0.717) is 22.9 Å². The first-order chi connectivity index (χ1) is 9.35. The lowest BCUT2D eigenvalue weighted by molar-refractivity contribution is 0.597. The molecule has 7 nitrogen and oxygen atoms in total. The Balaban J connectivity index is 2.33. The van der Waals surface area contributed by atoms with Gasteiger partial charge in [0.25, 0.3) is 10.0 Å². The van der Waals surface area contributed by atoms with Crippen LogP contribution >= 0.6 is 0 Å². The molecule has 0 fully saturated rings. The largest absolute Gasteiger partial charge is 0.334 e. The van der Waals surface area contributed by atoms with E-state index in [4.69, 9.17) is 0 Å². The van der Waals surface area contributed by atoms with Crippen LogP contribution in [-0.4, -0.2) is 28.2 Å². The van der Waals surface area contributed by atoms with Crippen LogP contribution in [-0.2, 0) is 16.6 Å². The first-order valence-corrected chi connectivity index (χ1v) is 7.91. The summed E-state index contributed by atoms with van der Waals surface area (Å²) in [5, 5.41) is 6.74. The maximum atomic E-state index is 12.3. The third-order valence-corrected chi connectivity index (χ3v) is 4.28. The number of hydrogen-bond acceptors (Lipinski definition) is 4. The highest BCUT2D eigenvalue weighted by molar-refractivity contribution is 7.92. The molecule has 0 spiro atoms. The first kappa shape index (κ1) is 14.6. The Kier molecular flexibility index (Phi) is 3.85. The summed E-state index contributed by atoms with van der Waals surface area (Å²) < 4.78 is 29.1. The SMILES string of the molecule is CCCn1cc(S(=O)(=O)Nc2c(C)n[nH]c2C)nc1C. The molecule has 2 heterocycles. The minimum absolute atomic E-state index is 0.0310. The fraction of sp³-hybridized carbons (Fsp3) is 0.500. The van der Waals surface area contributed by atoms with Crippen LogP contribution < -0.4 is 4.72 Å². The second-order valence-electron chi connectivity index (χ2n) is 4.73. The predicted molar refractivity (Wildman–Crippen MR) is 76.1 cm³/mol. The number of aromatic amines is 1. The minimum atomic E-state index is -3.69. The Labute approximate surface area is 118 Å². The van der Waals surface area contributed by atoms with Crippen LogP contribution in [0.25, 0.3) is 0 Å². The standard InChI is InChI=1S/C12H19N5O2S/c1-5-6-17-7-11(13-10(17)4)20(18,19)16-12-8(2)14-15-9(12)3/h7,16H,5-6H2,1-4H3,(H,14,15). The predicted octanol–water partition coefficient (Wildman–Crippen LogP) is 1.74. The van der Waals surface area contributed by atoms with E-state index in [2.05, 4.69) is 19.9 Å². The summed E-state index contributed by atoms with van der Waals surface area (Å²) in [6.07, 6.45) is 2.48. The number of nitrogens with one attached hydrogen (secondary N) is 2. The number of nitrogens with zero attached hydrogens (tertiary/aromatic N) is 3. The summed E-state index contributed by atoms with van der Waals surface area (Å²) in [6, 6.07) is 0. The molecular weight excluding hydrogens is 278 g/mol. The summed E-state index contributed by atoms with van der Waals surface area (Å²) in [4.78, 5) is 4.12. The number of hydrogen-bond donors (Lipinski definition) is 2. The van der Waals surface area contributed by atoms with Gasteiger partial charge in [0, 0.05) is 12.7 Å². The van der Waals surface area contributed by atoms with Crippen molar-refractivity contribution in [2.24, 2.45) is 0 Å². The molecule has 2 aromatic heterocycles. The molecule has 0 radical (unpaired) electrons.